The summed E-state index contributed by atoms with van der Waals surface area (Å²) in [4.78, 5) is 27.9. The minimum absolute atomic E-state index is 0.273. The SMILES string of the molecule is Cc1nc(N2CCN(CC(=O)N3CCCC3)CC2)cc(-n2cccn2)n1. The molecule has 2 aromatic heterocycles. The van der Waals surface area contributed by atoms with Crippen LogP contribution in [-0.4, -0.2) is 81.3 Å². The lowest BCUT2D eigenvalue weighted by Gasteiger charge is -2.35. The molecule has 0 spiro atoms. The van der Waals surface area contributed by atoms with Crippen LogP contribution in [0, 0.1) is 6.92 Å². The Morgan fingerprint density at radius 3 is 2.46 bits per heavy atom. The summed E-state index contributed by atoms with van der Waals surface area (Å²) in [5.41, 5.74) is 0. The van der Waals surface area contributed by atoms with Crippen LogP contribution in [-0.2, 0) is 4.79 Å². The minimum Gasteiger partial charge on any atom is -0.354 e. The summed E-state index contributed by atoms with van der Waals surface area (Å²) in [6.07, 6.45) is 5.91. The summed E-state index contributed by atoms with van der Waals surface area (Å²) in [6, 6.07) is 3.86. The number of aromatic nitrogens is 4. The van der Waals surface area contributed by atoms with Gasteiger partial charge in [-0.1, -0.05) is 0 Å². The molecular formula is C18H25N7O. The Labute approximate surface area is 153 Å². The standard InChI is InChI=1S/C18H25N7O/c1-15-20-16(13-17(21-15)25-8-4-5-19-25)23-11-9-22(10-12-23)14-18(26)24-6-2-3-7-24/h4-5,8,13H,2-3,6-7,9-12,14H2,1H3. The van der Waals surface area contributed by atoms with E-state index < -0.39 is 0 Å². The van der Waals surface area contributed by atoms with Crippen LogP contribution in [0.3, 0.4) is 0 Å². The Bertz CT molecular complexity index is 747. The van der Waals surface area contributed by atoms with Crippen LogP contribution in [0.4, 0.5) is 5.82 Å². The van der Waals surface area contributed by atoms with Gasteiger partial charge in [-0.3, -0.25) is 9.69 Å². The lowest BCUT2D eigenvalue weighted by Crippen LogP contribution is -2.50. The van der Waals surface area contributed by atoms with Crippen LogP contribution in [0.25, 0.3) is 5.82 Å². The minimum atomic E-state index is 0.273. The van der Waals surface area contributed by atoms with Gasteiger partial charge in [0.05, 0.1) is 6.54 Å². The highest BCUT2D eigenvalue weighted by Crippen LogP contribution is 2.17. The molecule has 0 atom stereocenters. The van der Waals surface area contributed by atoms with E-state index in [0.717, 1.165) is 69.6 Å². The van der Waals surface area contributed by atoms with Crippen molar-refractivity contribution in [3.8, 4) is 5.82 Å². The van der Waals surface area contributed by atoms with E-state index in [2.05, 4.69) is 24.9 Å². The molecule has 0 saturated carbocycles. The number of aryl methyl sites for hydroxylation is 1. The number of amides is 1. The average molecular weight is 355 g/mol. The number of hydrogen-bond donors (Lipinski definition) is 0. The Morgan fingerprint density at radius 1 is 1.04 bits per heavy atom. The van der Waals surface area contributed by atoms with Crippen LogP contribution in [0.5, 0.6) is 0 Å². The first kappa shape index (κ1) is 17.0. The molecule has 2 fully saturated rings. The number of hydrogen-bond acceptors (Lipinski definition) is 6. The zero-order valence-corrected chi connectivity index (χ0v) is 15.2. The molecule has 2 saturated heterocycles. The van der Waals surface area contributed by atoms with E-state index in [4.69, 9.17) is 0 Å². The molecule has 0 unspecified atom stereocenters. The summed E-state index contributed by atoms with van der Waals surface area (Å²) >= 11 is 0. The maximum atomic E-state index is 12.3. The van der Waals surface area contributed by atoms with Crippen molar-refractivity contribution in [3.63, 3.8) is 0 Å². The highest BCUT2D eigenvalue weighted by atomic mass is 16.2. The van der Waals surface area contributed by atoms with Crippen molar-refractivity contribution in [2.45, 2.75) is 19.8 Å². The number of anilines is 1. The van der Waals surface area contributed by atoms with Gasteiger partial charge in [0.25, 0.3) is 0 Å². The smallest absolute Gasteiger partial charge is 0.236 e. The molecule has 0 aromatic carbocycles. The van der Waals surface area contributed by atoms with Crippen molar-refractivity contribution >= 4 is 11.7 Å². The molecule has 4 heterocycles. The van der Waals surface area contributed by atoms with Gasteiger partial charge < -0.3 is 9.80 Å². The van der Waals surface area contributed by atoms with Crippen LogP contribution in [0.1, 0.15) is 18.7 Å². The second-order valence-corrected chi connectivity index (χ2v) is 6.93. The van der Waals surface area contributed by atoms with E-state index in [9.17, 15) is 4.79 Å². The highest BCUT2D eigenvalue weighted by molar-refractivity contribution is 5.78. The summed E-state index contributed by atoms with van der Waals surface area (Å²) in [6.45, 7) is 7.77. The molecule has 0 aliphatic carbocycles. The Balaban J connectivity index is 1.38. The van der Waals surface area contributed by atoms with Crippen molar-refractivity contribution in [2.24, 2.45) is 0 Å². The summed E-state index contributed by atoms with van der Waals surface area (Å²) < 4.78 is 1.75. The van der Waals surface area contributed by atoms with Crippen LogP contribution in [0.15, 0.2) is 24.5 Å². The predicted molar refractivity (Wildman–Crippen MR) is 98.4 cm³/mol. The molecule has 2 aliphatic rings. The van der Waals surface area contributed by atoms with E-state index in [1.165, 1.54) is 0 Å². The van der Waals surface area contributed by atoms with E-state index in [1.54, 1.807) is 10.9 Å². The fraction of sp³-hybridized carbons (Fsp3) is 0.556. The van der Waals surface area contributed by atoms with Crippen molar-refractivity contribution in [1.29, 1.82) is 0 Å². The number of piperazine rings is 1. The molecule has 0 bridgehead atoms. The summed E-state index contributed by atoms with van der Waals surface area (Å²) in [7, 11) is 0. The van der Waals surface area contributed by atoms with E-state index in [1.807, 2.05) is 30.2 Å². The molecule has 8 heteroatoms. The molecule has 0 radical (unpaired) electrons. The second-order valence-electron chi connectivity index (χ2n) is 6.93. The van der Waals surface area contributed by atoms with Gasteiger partial charge in [-0.15, -0.1) is 0 Å². The third kappa shape index (κ3) is 3.70. The monoisotopic (exact) mass is 355 g/mol. The van der Waals surface area contributed by atoms with Crippen LogP contribution in [0.2, 0.25) is 0 Å². The first-order chi connectivity index (χ1) is 12.7. The van der Waals surface area contributed by atoms with Gasteiger partial charge in [0.15, 0.2) is 5.82 Å². The zero-order valence-electron chi connectivity index (χ0n) is 15.2. The molecule has 0 N–H and O–H groups in total. The molecule has 26 heavy (non-hydrogen) atoms. The first-order valence-corrected chi connectivity index (χ1v) is 9.30. The molecule has 8 nitrogen and oxygen atoms in total. The van der Waals surface area contributed by atoms with Gasteiger partial charge in [-0.25, -0.2) is 14.6 Å². The lowest BCUT2D eigenvalue weighted by molar-refractivity contribution is -0.131. The summed E-state index contributed by atoms with van der Waals surface area (Å²) in [5.74, 6) is 2.71. The zero-order chi connectivity index (χ0) is 17.9. The second kappa shape index (κ2) is 7.41. The number of carbonyl (C=O) groups is 1. The normalized spacial score (nSPS) is 18.5. The summed E-state index contributed by atoms with van der Waals surface area (Å²) in [5, 5.41) is 4.25. The number of nitrogens with zero attached hydrogens (tertiary/aromatic N) is 7. The van der Waals surface area contributed by atoms with Gasteiger partial charge in [0.2, 0.25) is 5.91 Å². The van der Waals surface area contributed by atoms with E-state index in [-0.39, 0.29) is 5.91 Å². The van der Waals surface area contributed by atoms with Gasteiger partial charge in [-0.2, -0.15) is 5.10 Å². The molecule has 2 aliphatic heterocycles. The van der Waals surface area contributed by atoms with Crippen molar-refractivity contribution in [2.75, 3.05) is 50.7 Å². The van der Waals surface area contributed by atoms with Gasteiger partial charge in [-0.05, 0) is 25.8 Å². The van der Waals surface area contributed by atoms with Gasteiger partial charge in [0, 0.05) is 57.7 Å². The maximum absolute atomic E-state index is 12.3. The largest absolute Gasteiger partial charge is 0.354 e. The maximum Gasteiger partial charge on any atom is 0.236 e. The average Bonchev–Trinajstić information content (AvgIpc) is 3.36. The highest BCUT2D eigenvalue weighted by Gasteiger charge is 2.24. The fourth-order valence-corrected chi connectivity index (χ4v) is 3.61. The Hall–Kier alpha value is -2.48. The molecule has 2 aromatic rings. The molecular weight excluding hydrogens is 330 g/mol. The predicted octanol–water partition coefficient (Wildman–Crippen LogP) is 0.715. The first-order valence-electron chi connectivity index (χ1n) is 9.30. The van der Waals surface area contributed by atoms with Crippen molar-refractivity contribution < 1.29 is 4.79 Å². The fourth-order valence-electron chi connectivity index (χ4n) is 3.61. The molecule has 1 amide bonds. The molecule has 138 valence electrons. The quantitative estimate of drug-likeness (QED) is 0.805. The number of rotatable bonds is 4. The topological polar surface area (TPSA) is 70.4 Å². The number of carbonyl (C=O) groups excluding carboxylic acids is 1. The number of likely N-dealkylation sites (tertiary alicyclic amines) is 1. The van der Waals surface area contributed by atoms with Gasteiger partial charge >= 0.3 is 0 Å². The lowest BCUT2D eigenvalue weighted by atomic mass is 10.3. The van der Waals surface area contributed by atoms with Crippen LogP contribution < -0.4 is 4.90 Å². The van der Waals surface area contributed by atoms with Gasteiger partial charge in [0.1, 0.15) is 11.6 Å². The van der Waals surface area contributed by atoms with Crippen molar-refractivity contribution in [3.05, 3.63) is 30.4 Å². The third-order valence-electron chi connectivity index (χ3n) is 5.06. The Kier molecular flexibility index (Phi) is 4.83. The third-order valence-corrected chi connectivity index (χ3v) is 5.06. The Morgan fingerprint density at radius 2 is 1.77 bits per heavy atom. The van der Waals surface area contributed by atoms with Crippen molar-refractivity contribution in [1.82, 2.24) is 29.5 Å². The van der Waals surface area contributed by atoms with E-state index >= 15 is 0 Å². The molecule has 4 rings (SSSR count). The van der Waals surface area contributed by atoms with Crippen LogP contribution >= 0.6 is 0 Å². The van der Waals surface area contributed by atoms with E-state index in [0.29, 0.717) is 6.54 Å².